The lowest BCUT2D eigenvalue weighted by atomic mass is 10.3. The fourth-order valence-electron chi connectivity index (χ4n) is 2.20. The number of halogens is 4. The van der Waals surface area contributed by atoms with Crippen LogP contribution in [0.25, 0.3) is 17.0 Å². The zero-order valence-electron chi connectivity index (χ0n) is 12.6. The SMILES string of the molecule is CCS(=O)(=O)c1cccnc1-c1nc2cnc(C(F)(F)F)cn2c1Br. The second-order valence-electron chi connectivity index (χ2n) is 5.00. The lowest BCUT2D eigenvalue weighted by Gasteiger charge is -2.07. The van der Waals surface area contributed by atoms with E-state index >= 15 is 0 Å². The van der Waals surface area contributed by atoms with E-state index in [0.717, 1.165) is 16.8 Å². The molecular weight excluding hydrogens is 425 g/mol. The third-order valence-electron chi connectivity index (χ3n) is 3.45. The highest BCUT2D eigenvalue weighted by Crippen LogP contribution is 2.33. The summed E-state index contributed by atoms with van der Waals surface area (Å²) in [5.74, 6) is -0.142. The molecule has 0 fully saturated rings. The third-order valence-corrected chi connectivity index (χ3v) is 5.97. The molecule has 3 aromatic rings. The Bertz CT molecular complexity index is 1060. The van der Waals surface area contributed by atoms with Gasteiger partial charge in [-0.15, -0.1) is 0 Å². The molecule has 25 heavy (non-hydrogen) atoms. The van der Waals surface area contributed by atoms with Crippen molar-refractivity contribution in [1.82, 2.24) is 19.4 Å². The van der Waals surface area contributed by atoms with Gasteiger partial charge in [0.2, 0.25) is 0 Å². The molecule has 3 rings (SSSR count). The van der Waals surface area contributed by atoms with Crippen LogP contribution in [0.2, 0.25) is 0 Å². The number of hydrogen-bond acceptors (Lipinski definition) is 5. The largest absolute Gasteiger partial charge is 0.434 e. The highest BCUT2D eigenvalue weighted by atomic mass is 79.9. The highest BCUT2D eigenvalue weighted by molar-refractivity contribution is 9.10. The second kappa shape index (κ2) is 6.06. The van der Waals surface area contributed by atoms with Gasteiger partial charge in [-0.2, -0.15) is 13.2 Å². The predicted molar refractivity (Wildman–Crippen MR) is 86.6 cm³/mol. The lowest BCUT2D eigenvalue weighted by molar-refractivity contribution is -0.141. The Morgan fingerprint density at radius 3 is 2.60 bits per heavy atom. The Morgan fingerprint density at radius 1 is 1.24 bits per heavy atom. The highest BCUT2D eigenvalue weighted by Gasteiger charge is 2.33. The molecule has 0 unspecified atom stereocenters. The molecule has 0 amide bonds. The summed E-state index contributed by atoms with van der Waals surface area (Å²) in [7, 11) is -3.59. The number of sulfone groups is 1. The van der Waals surface area contributed by atoms with Gasteiger partial charge in [-0.25, -0.2) is 18.4 Å². The van der Waals surface area contributed by atoms with E-state index in [0.29, 0.717) is 0 Å². The van der Waals surface area contributed by atoms with Crippen LogP contribution in [0, 0.1) is 0 Å². The van der Waals surface area contributed by atoms with E-state index < -0.39 is 21.7 Å². The first-order valence-corrected chi connectivity index (χ1v) is 9.38. The molecule has 0 spiro atoms. The molecule has 0 saturated heterocycles. The minimum atomic E-state index is -4.61. The summed E-state index contributed by atoms with van der Waals surface area (Å²) in [5, 5.41) is 0. The number of alkyl halides is 3. The zero-order chi connectivity index (χ0) is 18.4. The number of hydrogen-bond donors (Lipinski definition) is 0. The number of pyridine rings is 1. The molecular formula is C14H10BrF3N4O2S. The van der Waals surface area contributed by atoms with E-state index in [1.54, 1.807) is 0 Å². The van der Waals surface area contributed by atoms with Gasteiger partial charge in [0.15, 0.2) is 21.2 Å². The number of rotatable bonds is 3. The van der Waals surface area contributed by atoms with Crippen molar-refractivity contribution in [2.24, 2.45) is 0 Å². The van der Waals surface area contributed by atoms with Crippen LogP contribution in [0.4, 0.5) is 13.2 Å². The molecule has 0 aliphatic carbocycles. The average molecular weight is 435 g/mol. The van der Waals surface area contributed by atoms with Crippen LogP contribution in [0.15, 0.2) is 40.2 Å². The summed E-state index contributed by atoms with van der Waals surface area (Å²) in [5.41, 5.74) is -0.783. The van der Waals surface area contributed by atoms with Gasteiger partial charge < -0.3 is 0 Å². The summed E-state index contributed by atoms with van der Waals surface area (Å²) in [4.78, 5) is 11.5. The van der Waals surface area contributed by atoms with Gasteiger partial charge in [0.1, 0.15) is 16.0 Å². The van der Waals surface area contributed by atoms with Gasteiger partial charge in [0, 0.05) is 12.4 Å². The van der Waals surface area contributed by atoms with Crippen molar-refractivity contribution in [2.75, 3.05) is 5.75 Å². The fraction of sp³-hybridized carbons (Fsp3) is 0.214. The maximum absolute atomic E-state index is 12.8. The van der Waals surface area contributed by atoms with Crippen LogP contribution < -0.4 is 0 Å². The number of imidazole rings is 1. The van der Waals surface area contributed by atoms with Gasteiger partial charge in [0.05, 0.1) is 16.8 Å². The molecule has 0 aromatic carbocycles. The third kappa shape index (κ3) is 3.13. The van der Waals surface area contributed by atoms with E-state index in [2.05, 4.69) is 30.9 Å². The number of nitrogens with zero attached hydrogens (tertiary/aromatic N) is 4. The Morgan fingerprint density at radius 2 is 1.96 bits per heavy atom. The minimum Gasteiger partial charge on any atom is -0.290 e. The van der Waals surface area contributed by atoms with E-state index in [4.69, 9.17) is 0 Å². The topological polar surface area (TPSA) is 77.2 Å². The molecule has 0 aliphatic rings. The average Bonchev–Trinajstić information content (AvgIpc) is 2.90. The number of aromatic nitrogens is 4. The molecule has 3 heterocycles. The Labute approximate surface area is 148 Å². The number of fused-ring (bicyclic) bond motifs is 1. The van der Waals surface area contributed by atoms with Crippen LogP contribution in [0.5, 0.6) is 0 Å². The molecule has 0 aliphatic heterocycles. The van der Waals surface area contributed by atoms with Crippen molar-refractivity contribution in [3.8, 4) is 11.4 Å². The zero-order valence-corrected chi connectivity index (χ0v) is 15.0. The Balaban J connectivity index is 2.27. The maximum atomic E-state index is 12.8. The monoisotopic (exact) mass is 434 g/mol. The van der Waals surface area contributed by atoms with Crippen molar-refractivity contribution in [1.29, 1.82) is 0 Å². The summed E-state index contributed by atoms with van der Waals surface area (Å²) < 4.78 is 64.3. The van der Waals surface area contributed by atoms with Crippen molar-refractivity contribution in [3.05, 3.63) is 41.0 Å². The first-order chi connectivity index (χ1) is 11.6. The van der Waals surface area contributed by atoms with Crippen LogP contribution in [0.1, 0.15) is 12.6 Å². The van der Waals surface area contributed by atoms with Gasteiger partial charge in [0.25, 0.3) is 0 Å². The van der Waals surface area contributed by atoms with Gasteiger partial charge in [-0.3, -0.25) is 9.38 Å². The smallest absolute Gasteiger partial charge is 0.290 e. The molecule has 3 aromatic heterocycles. The molecule has 0 saturated carbocycles. The first-order valence-electron chi connectivity index (χ1n) is 6.94. The van der Waals surface area contributed by atoms with Crippen molar-refractivity contribution in [3.63, 3.8) is 0 Å². The van der Waals surface area contributed by atoms with Crippen LogP contribution >= 0.6 is 15.9 Å². The normalized spacial score (nSPS) is 12.7. The predicted octanol–water partition coefficient (Wildman–Crippen LogP) is 3.37. The van der Waals surface area contributed by atoms with Crippen molar-refractivity contribution in [2.45, 2.75) is 18.0 Å². The lowest BCUT2D eigenvalue weighted by Crippen LogP contribution is -2.09. The summed E-state index contributed by atoms with van der Waals surface area (Å²) >= 11 is 3.18. The van der Waals surface area contributed by atoms with E-state index in [1.807, 2.05) is 0 Å². The van der Waals surface area contributed by atoms with Crippen molar-refractivity contribution >= 4 is 31.4 Å². The molecule has 0 N–H and O–H groups in total. The quantitative estimate of drug-likeness (QED) is 0.631. The maximum Gasteiger partial charge on any atom is 0.434 e. The van der Waals surface area contributed by atoms with Gasteiger partial charge >= 0.3 is 6.18 Å². The molecule has 0 radical (unpaired) electrons. The van der Waals surface area contributed by atoms with Crippen LogP contribution in [-0.2, 0) is 16.0 Å². The molecule has 0 atom stereocenters. The molecule has 11 heteroatoms. The molecule has 0 bridgehead atoms. The molecule has 132 valence electrons. The van der Waals surface area contributed by atoms with Crippen LogP contribution in [0.3, 0.4) is 0 Å². The molecule has 6 nitrogen and oxygen atoms in total. The summed E-state index contributed by atoms with van der Waals surface area (Å²) in [6, 6.07) is 2.86. The Hall–Kier alpha value is -2.01. The fourth-order valence-corrected chi connectivity index (χ4v) is 3.80. The second-order valence-corrected chi connectivity index (χ2v) is 8.00. The van der Waals surface area contributed by atoms with Crippen molar-refractivity contribution < 1.29 is 21.6 Å². The van der Waals surface area contributed by atoms with E-state index in [1.165, 1.54) is 25.3 Å². The Kier molecular flexibility index (Phi) is 4.31. The summed E-state index contributed by atoms with van der Waals surface area (Å²) in [6.07, 6.45) is -1.47. The van der Waals surface area contributed by atoms with Crippen LogP contribution in [-0.4, -0.2) is 33.5 Å². The van der Waals surface area contributed by atoms with Gasteiger partial charge in [-0.05, 0) is 28.1 Å². The van der Waals surface area contributed by atoms with Gasteiger partial charge in [-0.1, -0.05) is 6.92 Å². The van der Waals surface area contributed by atoms with E-state index in [9.17, 15) is 21.6 Å². The standard InChI is InChI=1S/C14H10BrF3N4O2S/c1-2-25(23,24)8-4-3-5-19-11(8)12-13(15)22-7-9(14(16,17)18)20-6-10(22)21-12/h3-7H,2H2,1H3. The summed E-state index contributed by atoms with van der Waals surface area (Å²) in [6.45, 7) is 1.49. The minimum absolute atomic E-state index is 0.0365. The first kappa shape index (κ1) is 17.8. The van der Waals surface area contributed by atoms with E-state index in [-0.39, 0.29) is 32.3 Å².